The number of piperazine rings is 1. The third-order valence-corrected chi connectivity index (χ3v) is 8.47. The van der Waals surface area contributed by atoms with E-state index in [1.54, 1.807) is 28.8 Å². The maximum absolute atomic E-state index is 14.9. The first kappa shape index (κ1) is 25.9. The summed E-state index contributed by atoms with van der Waals surface area (Å²) < 4.78 is 43.4. The zero-order valence-corrected chi connectivity index (χ0v) is 22.7. The topological polar surface area (TPSA) is 132 Å². The van der Waals surface area contributed by atoms with E-state index in [4.69, 9.17) is 14.9 Å². The number of anilines is 2. The van der Waals surface area contributed by atoms with Crippen LogP contribution in [0, 0.1) is 5.82 Å². The highest BCUT2D eigenvalue weighted by atomic mass is 32.1. The minimum absolute atomic E-state index is 0.126. The predicted octanol–water partition coefficient (Wildman–Crippen LogP) is 1.99. The van der Waals surface area contributed by atoms with E-state index in [1.165, 1.54) is 16.8 Å². The van der Waals surface area contributed by atoms with Crippen molar-refractivity contribution in [1.29, 1.82) is 0 Å². The van der Waals surface area contributed by atoms with E-state index >= 15 is 0 Å². The molecule has 214 valence electrons. The number of nitrogens with one attached hydrogen (secondary N) is 1. The van der Waals surface area contributed by atoms with Crippen molar-refractivity contribution in [1.82, 2.24) is 34.4 Å². The molecular weight excluding hydrogens is 556 g/mol. The predicted molar refractivity (Wildman–Crippen MR) is 150 cm³/mol. The second kappa shape index (κ2) is 10.4. The minimum atomic E-state index is -1.11. The van der Waals surface area contributed by atoms with Crippen LogP contribution in [0.4, 0.5) is 20.4 Å². The Morgan fingerprint density at radius 2 is 1.98 bits per heavy atom. The Kier molecular flexibility index (Phi) is 6.55. The summed E-state index contributed by atoms with van der Waals surface area (Å²) in [6.45, 7) is 4.33. The molecule has 5 aromatic rings. The number of halogens is 2. The molecule has 6 heterocycles. The maximum Gasteiger partial charge on any atom is 0.309 e. The largest absolute Gasteiger partial charge is 0.486 e. The number of benzene rings is 1. The molecule has 0 spiro atoms. The Morgan fingerprint density at radius 3 is 2.71 bits per heavy atom. The lowest BCUT2D eigenvalue weighted by Gasteiger charge is -2.36. The average molecular weight is 584 g/mol. The van der Waals surface area contributed by atoms with Gasteiger partial charge in [-0.05, 0) is 24.3 Å². The molecule has 0 aliphatic carbocycles. The zero-order valence-electron chi connectivity index (χ0n) is 21.9. The van der Waals surface area contributed by atoms with Crippen molar-refractivity contribution in [2.24, 2.45) is 0 Å². The molecule has 2 atom stereocenters. The van der Waals surface area contributed by atoms with Crippen molar-refractivity contribution < 1.29 is 17.9 Å². The van der Waals surface area contributed by atoms with Gasteiger partial charge in [0, 0.05) is 58.4 Å². The van der Waals surface area contributed by atoms with Crippen LogP contribution in [0.3, 0.4) is 0 Å². The number of ether oxygens (including phenoxy) is 1. The molecule has 0 unspecified atom stereocenters. The van der Waals surface area contributed by atoms with E-state index < -0.39 is 18.1 Å². The van der Waals surface area contributed by atoms with Gasteiger partial charge in [0.15, 0.2) is 23.2 Å². The molecule has 12 nitrogen and oxygen atoms in total. The van der Waals surface area contributed by atoms with Crippen molar-refractivity contribution in [2.45, 2.75) is 18.8 Å². The fraction of sp³-hybridized carbons (Fsp3) is 0.385. The number of nitrogen functional groups attached to an aromatic ring is 1. The first-order valence-corrected chi connectivity index (χ1v) is 14.1. The number of nitrogens with two attached hydrogens (primary N) is 1. The van der Waals surface area contributed by atoms with Gasteiger partial charge >= 0.3 is 4.87 Å². The summed E-state index contributed by atoms with van der Waals surface area (Å²) in [5.74, 6) is 0.907. The molecule has 15 heteroatoms. The average Bonchev–Trinajstić information content (AvgIpc) is 3.76. The van der Waals surface area contributed by atoms with Crippen LogP contribution in [0.2, 0.25) is 0 Å². The fourth-order valence-corrected chi connectivity index (χ4v) is 6.25. The summed E-state index contributed by atoms with van der Waals surface area (Å²) in [5.41, 5.74) is 7.60. The molecule has 41 heavy (non-hydrogen) atoms. The molecule has 0 radical (unpaired) electrons. The maximum atomic E-state index is 14.9. The zero-order chi connectivity index (χ0) is 28.1. The van der Waals surface area contributed by atoms with Gasteiger partial charge in [-0.25, -0.2) is 13.8 Å². The summed E-state index contributed by atoms with van der Waals surface area (Å²) >= 11 is 1.06. The summed E-state index contributed by atoms with van der Waals surface area (Å²) in [6, 6.07) is 8.19. The van der Waals surface area contributed by atoms with Gasteiger partial charge in [0.2, 0.25) is 11.8 Å². The van der Waals surface area contributed by atoms with Crippen molar-refractivity contribution in [3.05, 3.63) is 52.1 Å². The molecule has 1 aromatic carbocycles. The second-order valence-corrected chi connectivity index (χ2v) is 11.0. The van der Waals surface area contributed by atoms with Crippen molar-refractivity contribution >= 4 is 39.0 Å². The highest BCUT2D eigenvalue weighted by molar-refractivity contribution is 7.17. The van der Waals surface area contributed by atoms with Crippen LogP contribution >= 0.6 is 11.3 Å². The number of alkyl halides is 1. The monoisotopic (exact) mass is 583 g/mol. The quantitative estimate of drug-likeness (QED) is 0.293. The summed E-state index contributed by atoms with van der Waals surface area (Å²) in [4.78, 5) is 26.0. The summed E-state index contributed by atoms with van der Waals surface area (Å²) in [7, 11) is 0. The summed E-state index contributed by atoms with van der Waals surface area (Å²) in [6.07, 6.45) is -0.178. The fourth-order valence-electron chi connectivity index (χ4n) is 5.32. The van der Waals surface area contributed by atoms with Gasteiger partial charge in [-0.2, -0.15) is 9.50 Å². The molecule has 7 rings (SSSR count). The normalized spacial score (nSPS) is 20.0. The van der Waals surface area contributed by atoms with Crippen LogP contribution < -0.4 is 25.6 Å². The van der Waals surface area contributed by atoms with Gasteiger partial charge in [-0.3, -0.25) is 14.3 Å². The molecule has 2 saturated heterocycles. The van der Waals surface area contributed by atoms with E-state index in [9.17, 15) is 13.6 Å². The number of hydrogen-bond acceptors (Lipinski definition) is 11. The Labute approximate surface area is 235 Å². The van der Waals surface area contributed by atoms with E-state index in [0.717, 1.165) is 11.3 Å². The number of nitrogens with zero attached hydrogens (tertiary/aromatic N) is 7. The lowest BCUT2D eigenvalue weighted by molar-refractivity contribution is 0.139. The number of aromatic nitrogens is 5. The van der Waals surface area contributed by atoms with E-state index in [1.807, 2.05) is 4.90 Å². The Balaban J connectivity index is 1.01. The first-order chi connectivity index (χ1) is 19.9. The van der Waals surface area contributed by atoms with Gasteiger partial charge in [0.1, 0.15) is 22.4 Å². The van der Waals surface area contributed by atoms with Crippen molar-refractivity contribution in [3.8, 4) is 17.3 Å². The number of rotatable bonds is 7. The number of hydrogen-bond donors (Lipinski definition) is 2. The van der Waals surface area contributed by atoms with Crippen LogP contribution in [0.15, 0.2) is 45.8 Å². The molecular formula is C26H27F2N9O3S. The highest BCUT2D eigenvalue weighted by Gasteiger charge is 2.29. The van der Waals surface area contributed by atoms with Gasteiger partial charge in [-0.15, -0.1) is 5.10 Å². The van der Waals surface area contributed by atoms with Crippen molar-refractivity contribution in [3.63, 3.8) is 0 Å². The molecule has 3 N–H and O–H groups in total. The van der Waals surface area contributed by atoms with Gasteiger partial charge in [0.25, 0.3) is 0 Å². The molecule has 2 aliphatic heterocycles. The third kappa shape index (κ3) is 4.79. The molecule has 2 aliphatic rings. The molecule has 0 saturated carbocycles. The van der Waals surface area contributed by atoms with E-state index in [-0.39, 0.29) is 17.4 Å². The molecule has 4 aromatic heterocycles. The highest BCUT2D eigenvalue weighted by Crippen LogP contribution is 2.28. The van der Waals surface area contributed by atoms with Gasteiger partial charge in [0.05, 0.1) is 12.0 Å². The molecule has 0 amide bonds. The number of thiazole rings is 1. The van der Waals surface area contributed by atoms with Crippen LogP contribution in [0.1, 0.15) is 0 Å². The van der Waals surface area contributed by atoms with Crippen LogP contribution in [-0.2, 0) is 6.54 Å². The van der Waals surface area contributed by atoms with Gasteiger partial charge in [-0.1, -0.05) is 11.3 Å². The first-order valence-electron chi connectivity index (χ1n) is 13.3. The van der Waals surface area contributed by atoms with Gasteiger partial charge < -0.3 is 25.1 Å². The summed E-state index contributed by atoms with van der Waals surface area (Å²) in [5, 5.41) is 7.31. The lowest BCUT2D eigenvalue weighted by Crippen LogP contribution is -2.47. The second-order valence-electron chi connectivity index (χ2n) is 10.1. The molecule has 2 fully saturated rings. The van der Waals surface area contributed by atoms with Crippen LogP contribution in [-0.4, -0.2) is 87.1 Å². The van der Waals surface area contributed by atoms with Crippen LogP contribution in [0.25, 0.3) is 27.6 Å². The minimum Gasteiger partial charge on any atom is -0.486 e. The Morgan fingerprint density at radius 1 is 1.12 bits per heavy atom. The smallest absolute Gasteiger partial charge is 0.309 e. The van der Waals surface area contributed by atoms with Crippen molar-refractivity contribution in [2.75, 3.05) is 56.4 Å². The van der Waals surface area contributed by atoms with E-state index in [2.05, 4.69) is 25.3 Å². The molecule has 0 bridgehead atoms. The number of fused-ring (bicyclic) bond motifs is 3. The Hall–Kier alpha value is -4.08. The van der Waals surface area contributed by atoms with E-state index in [0.29, 0.717) is 84.8 Å². The standard InChI is InChI=1S/C26H27F2N9O3S/c27-16-12-15(40-20-14-30-13-17(20)28)3-4-18(16)35-8-5-34(6-9-35)7-10-36-23-21(41-26(36)38)24-31-22(19-2-1-11-39-19)33-37(24)25(29)32-23/h1-4,11-12,17,20,30H,5-10,13-14H2,(H2,29,32)/t17-,20-/m1/s1. The number of furan rings is 1. The third-order valence-electron chi connectivity index (χ3n) is 7.51. The SMILES string of the molecule is Nc1nc2c(sc(=O)n2CCN2CCN(c3ccc(O[C@@H]4CNC[C@H]4F)cc3F)CC2)c2nc(-c3ccco3)nn12. The van der Waals surface area contributed by atoms with Crippen LogP contribution in [0.5, 0.6) is 5.75 Å². The Bertz CT molecular complexity index is 1760. The lowest BCUT2D eigenvalue weighted by atomic mass is 10.2.